The number of piperazine rings is 1. The molecule has 4 heterocycles. The van der Waals surface area contributed by atoms with E-state index in [0.717, 1.165) is 58.1 Å². The highest BCUT2D eigenvalue weighted by Crippen LogP contribution is 2.62. The Morgan fingerprint density at radius 1 is 1.17 bits per heavy atom. The first-order valence-corrected chi connectivity index (χ1v) is 11.7. The number of anilines is 1. The van der Waals surface area contributed by atoms with Gasteiger partial charge in [0.2, 0.25) is 5.95 Å². The van der Waals surface area contributed by atoms with Gasteiger partial charge in [0.25, 0.3) is 0 Å². The van der Waals surface area contributed by atoms with Gasteiger partial charge in [-0.25, -0.2) is 9.97 Å². The van der Waals surface area contributed by atoms with Gasteiger partial charge < -0.3 is 14.4 Å². The maximum Gasteiger partial charge on any atom is 0.310 e. The van der Waals surface area contributed by atoms with E-state index in [-0.39, 0.29) is 29.0 Å². The van der Waals surface area contributed by atoms with Crippen molar-refractivity contribution in [1.82, 2.24) is 14.9 Å². The standard InChI is InChI=1S/C23H32N4O3/c1-22-4-2-5-23(15-29-23)19(22)12-16-17(20(28)30-18(16)13-22)14-26-8-10-27(11-9-26)21-24-6-3-7-25-21/h3,6-7,16-19H,2,4-5,8-15H2,1H3/t16-,17+,18+,19-,22+,23-/m0/s1. The molecule has 5 aliphatic rings. The van der Waals surface area contributed by atoms with Crippen LogP contribution in [0.2, 0.25) is 0 Å². The van der Waals surface area contributed by atoms with Crippen LogP contribution in [0.15, 0.2) is 18.5 Å². The quantitative estimate of drug-likeness (QED) is 0.556. The molecule has 1 aromatic rings. The molecule has 0 aromatic carbocycles. The summed E-state index contributed by atoms with van der Waals surface area (Å²) < 4.78 is 12.0. The average Bonchev–Trinajstić information content (AvgIpc) is 3.46. The highest BCUT2D eigenvalue weighted by Gasteiger charge is 2.65. The van der Waals surface area contributed by atoms with Crippen LogP contribution in [-0.4, -0.2) is 71.9 Å². The van der Waals surface area contributed by atoms with Gasteiger partial charge in [-0.1, -0.05) is 6.92 Å². The van der Waals surface area contributed by atoms with Crippen molar-refractivity contribution in [2.24, 2.45) is 23.2 Å². The zero-order chi connectivity index (χ0) is 20.3. The summed E-state index contributed by atoms with van der Waals surface area (Å²) in [7, 11) is 0. The molecule has 0 bridgehead atoms. The summed E-state index contributed by atoms with van der Waals surface area (Å²) in [6.07, 6.45) is 9.51. The Morgan fingerprint density at radius 2 is 1.93 bits per heavy atom. The van der Waals surface area contributed by atoms with E-state index < -0.39 is 0 Å². The lowest BCUT2D eigenvalue weighted by atomic mass is 9.53. The predicted molar refractivity (Wildman–Crippen MR) is 111 cm³/mol. The summed E-state index contributed by atoms with van der Waals surface area (Å²) >= 11 is 0. The number of carbonyl (C=O) groups excluding carboxylic acids is 1. The minimum absolute atomic E-state index is 0.0109. The number of rotatable bonds is 3. The topological polar surface area (TPSA) is 71.1 Å². The lowest BCUT2D eigenvalue weighted by Crippen LogP contribution is -2.52. The fourth-order valence-electron chi connectivity index (χ4n) is 7.03. The molecule has 3 aliphatic heterocycles. The van der Waals surface area contributed by atoms with E-state index in [2.05, 4.69) is 26.7 Å². The third-order valence-electron chi connectivity index (χ3n) is 8.74. The number of fused-ring (bicyclic) bond motifs is 3. The highest BCUT2D eigenvalue weighted by atomic mass is 16.6. The predicted octanol–water partition coefficient (Wildman–Crippen LogP) is 2.13. The number of nitrogens with zero attached hydrogens (tertiary/aromatic N) is 4. The van der Waals surface area contributed by atoms with Gasteiger partial charge in [0, 0.05) is 51.0 Å². The monoisotopic (exact) mass is 412 g/mol. The number of carbonyl (C=O) groups is 1. The molecule has 2 aliphatic carbocycles. The molecule has 0 amide bonds. The lowest BCUT2D eigenvalue weighted by Gasteiger charge is -2.51. The molecule has 3 saturated heterocycles. The molecular formula is C23H32N4O3. The van der Waals surface area contributed by atoms with Crippen LogP contribution in [0.3, 0.4) is 0 Å². The van der Waals surface area contributed by atoms with Gasteiger partial charge in [-0.15, -0.1) is 0 Å². The van der Waals surface area contributed by atoms with Gasteiger partial charge in [-0.2, -0.15) is 0 Å². The first-order chi connectivity index (χ1) is 14.6. The van der Waals surface area contributed by atoms with E-state index in [1.807, 2.05) is 6.07 Å². The molecule has 6 rings (SSSR count). The Hall–Kier alpha value is -1.73. The van der Waals surface area contributed by atoms with Crippen LogP contribution >= 0.6 is 0 Å². The first kappa shape index (κ1) is 19.0. The van der Waals surface area contributed by atoms with Gasteiger partial charge in [-0.3, -0.25) is 9.69 Å². The second-order valence-corrected chi connectivity index (χ2v) is 10.4. The molecule has 0 radical (unpaired) electrons. The number of epoxide rings is 1. The van der Waals surface area contributed by atoms with Gasteiger partial charge in [-0.05, 0) is 49.5 Å². The van der Waals surface area contributed by atoms with Crippen LogP contribution in [0.5, 0.6) is 0 Å². The van der Waals surface area contributed by atoms with Crippen molar-refractivity contribution in [1.29, 1.82) is 0 Å². The molecule has 5 fully saturated rings. The van der Waals surface area contributed by atoms with E-state index in [1.54, 1.807) is 12.4 Å². The van der Waals surface area contributed by atoms with E-state index >= 15 is 0 Å². The van der Waals surface area contributed by atoms with Gasteiger partial charge in [0.1, 0.15) is 6.10 Å². The van der Waals surface area contributed by atoms with Crippen molar-refractivity contribution in [2.75, 3.05) is 44.2 Å². The molecule has 2 saturated carbocycles. The number of aromatic nitrogens is 2. The fraction of sp³-hybridized carbons (Fsp3) is 0.783. The molecule has 1 spiro atoms. The first-order valence-electron chi connectivity index (χ1n) is 11.7. The van der Waals surface area contributed by atoms with Crippen molar-refractivity contribution >= 4 is 11.9 Å². The Balaban J connectivity index is 1.12. The number of hydrogen-bond donors (Lipinski definition) is 0. The maximum atomic E-state index is 12.9. The Kier molecular flexibility index (Phi) is 4.36. The summed E-state index contributed by atoms with van der Waals surface area (Å²) in [6, 6.07) is 1.85. The Morgan fingerprint density at radius 3 is 2.67 bits per heavy atom. The van der Waals surface area contributed by atoms with Crippen molar-refractivity contribution < 1.29 is 14.3 Å². The summed E-state index contributed by atoms with van der Waals surface area (Å²) in [4.78, 5) is 26.3. The van der Waals surface area contributed by atoms with E-state index in [1.165, 1.54) is 19.3 Å². The van der Waals surface area contributed by atoms with Gasteiger partial charge in [0.05, 0.1) is 18.1 Å². The number of esters is 1. The van der Waals surface area contributed by atoms with Crippen molar-refractivity contribution in [3.8, 4) is 0 Å². The van der Waals surface area contributed by atoms with Crippen molar-refractivity contribution in [3.05, 3.63) is 18.5 Å². The molecule has 162 valence electrons. The maximum absolute atomic E-state index is 12.9. The number of hydrogen-bond acceptors (Lipinski definition) is 7. The van der Waals surface area contributed by atoms with Crippen LogP contribution in [0.25, 0.3) is 0 Å². The van der Waals surface area contributed by atoms with Crippen LogP contribution in [0, 0.1) is 23.2 Å². The normalized spacial score (nSPS) is 43.2. The highest BCUT2D eigenvalue weighted by molar-refractivity contribution is 5.75. The minimum atomic E-state index is 0.0109. The molecular weight excluding hydrogens is 380 g/mol. The number of ether oxygens (including phenoxy) is 2. The van der Waals surface area contributed by atoms with Crippen LogP contribution in [-0.2, 0) is 14.3 Å². The summed E-state index contributed by atoms with van der Waals surface area (Å²) in [5, 5.41) is 0. The third-order valence-corrected chi connectivity index (χ3v) is 8.74. The third kappa shape index (κ3) is 3.04. The zero-order valence-electron chi connectivity index (χ0n) is 17.8. The largest absolute Gasteiger partial charge is 0.462 e. The molecule has 7 heteroatoms. The van der Waals surface area contributed by atoms with E-state index in [9.17, 15) is 4.79 Å². The minimum Gasteiger partial charge on any atom is -0.462 e. The molecule has 6 atom stereocenters. The smallest absolute Gasteiger partial charge is 0.310 e. The fourth-order valence-corrected chi connectivity index (χ4v) is 7.03. The van der Waals surface area contributed by atoms with Crippen LogP contribution < -0.4 is 4.90 Å². The van der Waals surface area contributed by atoms with Crippen molar-refractivity contribution in [2.45, 2.75) is 50.7 Å². The molecule has 7 nitrogen and oxygen atoms in total. The van der Waals surface area contributed by atoms with Gasteiger partial charge in [0.15, 0.2) is 0 Å². The van der Waals surface area contributed by atoms with E-state index in [0.29, 0.717) is 11.8 Å². The zero-order valence-corrected chi connectivity index (χ0v) is 17.8. The molecule has 1 aromatic heterocycles. The van der Waals surface area contributed by atoms with Gasteiger partial charge >= 0.3 is 5.97 Å². The second-order valence-electron chi connectivity index (χ2n) is 10.4. The van der Waals surface area contributed by atoms with Crippen LogP contribution in [0.4, 0.5) is 5.95 Å². The second kappa shape index (κ2) is 6.89. The molecule has 0 unspecified atom stereocenters. The average molecular weight is 413 g/mol. The van der Waals surface area contributed by atoms with Crippen molar-refractivity contribution in [3.63, 3.8) is 0 Å². The summed E-state index contributed by atoms with van der Waals surface area (Å²) in [5.74, 6) is 1.79. The van der Waals surface area contributed by atoms with E-state index in [4.69, 9.17) is 9.47 Å². The Bertz CT molecular complexity index is 808. The SMILES string of the molecule is C[C@]12CCC[C@]3(CO3)[C@H]1C[C@@H]1[C@@H](C2)OC(=O)[C@@H]1CN1CCN(c2ncccn2)CC1. The summed E-state index contributed by atoms with van der Waals surface area (Å²) in [6.45, 7) is 7.84. The summed E-state index contributed by atoms with van der Waals surface area (Å²) in [5.41, 5.74) is 0.391. The molecule has 30 heavy (non-hydrogen) atoms. The molecule has 0 N–H and O–H groups in total. The lowest BCUT2D eigenvalue weighted by molar-refractivity contribution is -0.147. The van der Waals surface area contributed by atoms with Crippen LogP contribution in [0.1, 0.15) is 39.0 Å². The Labute approximate surface area is 178 Å².